The van der Waals surface area contributed by atoms with Gasteiger partial charge < -0.3 is 5.11 Å². The van der Waals surface area contributed by atoms with Crippen molar-refractivity contribution in [3.63, 3.8) is 0 Å². The lowest BCUT2D eigenvalue weighted by Crippen LogP contribution is -2.27. The van der Waals surface area contributed by atoms with Crippen LogP contribution in [0.15, 0.2) is 48.5 Å². The summed E-state index contributed by atoms with van der Waals surface area (Å²) < 4.78 is 0. The van der Waals surface area contributed by atoms with Crippen LogP contribution in [0.4, 0.5) is 0 Å². The fourth-order valence-corrected chi connectivity index (χ4v) is 5.45. The van der Waals surface area contributed by atoms with Crippen molar-refractivity contribution in [1.82, 2.24) is 0 Å². The molecule has 0 aliphatic carbocycles. The molecule has 1 atom stereocenters. The highest BCUT2D eigenvalue weighted by atomic mass is 31.1. The Morgan fingerprint density at radius 1 is 0.818 bits per heavy atom. The quantitative estimate of drug-likeness (QED) is 0.780. The van der Waals surface area contributed by atoms with Crippen LogP contribution in [0.3, 0.4) is 0 Å². The molecule has 0 spiro atoms. The number of hydrogen-bond donors (Lipinski definition) is 1. The lowest BCUT2D eigenvalue weighted by molar-refractivity contribution is 0.478. The molecule has 0 heterocycles. The molecule has 118 valence electrons. The second-order valence-corrected chi connectivity index (χ2v) is 10.8. The summed E-state index contributed by atoms with van der Waals surface area (Å²) in [4.78, 5) is 0. The van der Waals surface area contributed by atoms with E-state index in [1.165, 1.54) is 10.9 Å². The molecular weight excluding hydrogens is 287 g/mol. The van der Waals surface area contributed by atoms with Crippen LogP contribution < -0.4 is 10.6 Å². The third kappa shape index (κ3) is 3.70. The van der Waals surface area contributed by atoms with E-state index in [0.29, 0.717) is 5.75 Å². The van der Waals surface area contributed by atoms with Gasteiger partial charge in [0.25, 0.3) is 0 Å². The fraction of sp³-hybridized carbons (Fsp3) is 0.400. The van der Waals surface area contributed by atoms with E-state index in [2.05, 4.69) is 71.9 Å². The molecule has 2 aromatic rings. The van der Waals surface area contributed by atoms with Crippen molar-refractivity contribution in [2.45, 2.75) is 52.1 Å². The molecule has 2 heteroatoms. The Kier molecular flexibility index (Phi) is 4.68. The highest BCUT2D eigenvalue weighted by Gasteiger charge is 2.30. The molecule has 0 aliphatic rings. The van der Waals surface area contributed by atoms with Gasteiger partial charge in [0.1, 0.15) is 5.75 Å². The molecule has 0 radical (unpaired) electrons. The Bertz CT molecular complexity index is 633. The first-order valence-corrected chi connectivity index (χ1v) is 9.13. The van der Waals surface area contributed by atoms with Crippen molar-refractivity contribution >= 4 is 18.5 Å². The summed E-state index contributed by atoms with van der Waals surface area (Å²) in [7, 11) is -0.626. The second kappa shape index (κ2) is 6.05. The molecule has 0 fully saturated rings. The van der Waals surface area contributed by atoms with E-state index in [0.717, 1.165) is 5.30 Å². The zero-order chi connectivity index (χ0) is 16.5. The first-order chi connectivity index (χ1) is 10.1. The molecule has 1 unspecified atom stereocenters. The molecule has 1 nitrogen and oxygen atoms in total. The molecule has 2 rings (SSSR count). The van der Waals surface area contributed by atoms with Crippen molar-refractivity contribution in [1.29, 1.82) is 0 Å². The van der Waals surface area contributed by atoms with Gasteiger partial charge in [0, 0.05) is 5.30 Å². The summed E-state index contributed by atoms with van der Waals surface area (Å²) in [6, 6.07) is 16.7. The highest BCUT2D eigenvalue weighted by molar-refractivity contribution is 7.74. The van der Waals surface area contributed by atoms with Crippen molar-refractivity contribution in [3.8, 4) is 5.75 Å². The third-order valence-corrected chi connectivity index (χ3v) is 6.76. The number of phenolic OH excluding ortho intramolecular Hbond substituents is 1. The van der Waals surface area contributed by atoms with Crippen LogP contribution in [0.1, 0.15) is 47.1 Å². The monoisotopic (exact) mass is 314 g/mol. The van der Waals surface area contributed by atoms with Gasteiger partial charge in [-0.3, -0.25) is 0 Å². The number of hydrogen-bond acceptors (Lipinski definition) is 1. The number of benzene rings is 2. The van der Waals surface area contributed by atoms with Crippen molar-refractivity contribution in [2.75, 3.05) is 0 Å². The average molecular weight is 314 g/mol. The van der Waals surface area contributed by atoms with E-state index in [-0.39, 0.29) is 10.6 Å². The molecule has 0 aliphatic heterocycles. The molecular formula is C20H27OP. The third-order valence-electron chi connectivity index (χ3n) is 3.77. The fourth-order valence-electron chi connectivity index (χ4n) is 2.63. The summed E-state index contributed by atoms with van der Waals surface area (Å²) in [6.07, 6.45) is 0. The summed E-state index contributed by atoms with van der Waals surface area (Å²) in [6.45, 7) is 13.4. The summed E-state index contributed by atoms with van der Waals surface area (Å²) >= 11 is 0. The lowest BCUT2D eigenvalue weighted by atomic mass is 9.87. The second-order valence-electron chi connectivity index (χ2n) is 7.80. The van der Waals surface area contributed by atoms with Gasteiger partial charge in [-0.1, -0.05) is 77.9 Å². The highest BCUT2D eigenvalue weighted by Crippen LogP contribution is 2.49. The van der Waals surface area contributed by atoms with Crippen molar-refractivity contribution in [3.05, 3.63) is 54.1 Å². The van der Waals surface area contributed by atoms with Crippen LogP contribution in [0.5, 0.6) is 5.75 Å². The SMILES string of the molecule is CC(C)(C)c1ccc(O)c(P(c2ccccc2)C(C)(C)C)c1. The predicted octanol–water partition coefficient (Wildman–Crippen LogP) is 4.92. The molecule has 1 N–H and O–H groups in total. The molecule has 0 aromatic heterocycles. The minimum atomic E-state index is -0.626. The smallest absolute Gasteiger partial charge is 0.123 e. The first-order valence-electron chi connectivity index (χ1n) is 7.79. The van der Waals surface area contributed by atoms with Gasteiger partial charge in [-0.15, -0.1) is 0 Å². The zero-order valence-corrected chi connectivity index (χ0v) is 15.4. The van der Waals surface area contributed by atoms with Gasteiger partial charge >= 0.3 is 0 Å². The van der Waals surface area contributed by atoms with E-state index < -0.39 is 7.92 Å². The van der Waals surface area contributed by atoms with Gasteiger partial charge in [0.15, 0.2) is 0 Å². The molecule has 0 amide bonds. The Morgan fingerprint density at radius 2 is 1.41 bits per heavy atom. The summed E-state index contributed by atoms with van der Waals surface area (Å²) in [5.74, 6) is 0.415. The Balaban J connectivity index is 2.63. The van der Waals surface area contributed by atoms with Gasteiger partial charge in [-0.2, -0.15) is 0 Å². The van der Waals surface area contributed by atoms with Gasteiger partial charge in [0.2, 0.25) is 0 Å². The first kappa shape index (κ1) is 17.0. The average Bonchev–Trinajstić information content (AvgIpc) is 2.39. The van der Waals surface area contributed by atoms with Crippen molar-refractivity contribution < 1.29 is 5.11 Å². The number of rotatable bonds is 2. The predicted molar refractivity (Wildman–Crippen MR) is 99.2 cm³/mol. The number of aromatic hydroxyl groups is 1. The largest absolute Gasteiger partial charge is 0.507 e. The normalized spacial score (nSPS) is 13.9. The maximum absolute atomic E-state index is 10.5. The number of phenols is 1. The maximum Gasteiger partial charge on any atom is 0.123 e. The molecule has 22 heavy (non-hydrogen) atoms. The molecule has 0 saturated heterocycles. The van der Waals surface area contributed by atoms with E-state index in [1.54, 1.807) is 0 Å². The van der Waals surface area contributed by atoms with Crippen LogP contribution in [-0.4, -0.2) is 10.3 Å². The van der Waals surface area contributed by atoms with Crippen LogP contribution in [-0.2, 0) is 5.41 Å². The van der Waals surface area contributed by atoms with Crippen molar-refractivity contribution in [2.24, 2.45) is 0 Å². The van der Waals surface area contributed by atoms with E-state index in [9.17, 15) is 5.11 Å². The van der Waals surface area contributed by atoms with Crippen LogP contribution in [0.2, 0.25) is 0 Å². The van der Waals surface area contributed by atoms with E-state index in [4.69, 9.17) is 0 Å². The molecule has 2 aromatic carbocycles. The molecule has 0 saturated carbocycles. The standard InChI is InChI=1S/C20H27OP/c1-19(2,3)15-12-13-17(21)18(14-15)22(20(4,5)6)16-10-8-7-9-11-16/h7-14,21H,1-6H3. The van der Waals surface area contributed by atoms with Gasteiger partial charge in [-0.25, -0.2) is 0 Å². The maximum atomic E-state index is 10.5. The topological polar surface area (TPSA) is 20.2 Å². The van der Waals surface area contributed by atoms with E-state index >= 15 is 0 Å². The minimum absolute atomic E-state index is 0.0814. The van der Waals surface area contributed by atoms with Crippen LogP contribution in [0.25, 0.3) is 0 Å². The Hall–Kier alpha value is -1.33. The van der Waals surface area contributed by atoms with Crippen LogP contribution >= 0.6 is 7.92 Å². The molecule has 0 bridgehead atoms. The lowest BCUT2D eigenvalue weighted by Gasteiger charge is -2.33. The summed E-state index contributed by atoms with van der Waals surface area (Å²) in [5.41, 5.74) is 1.35. The zero-order valence-electron chi connectivity index (χ0n) is 14.5. The van der Waals surface area contributed by atoms with Gasteiger partial charge in [0.05, 0.1) is 0 Å². The van der Waals surface area contributed by atoms with Crippen LogP contribution in [0, 0.1) is 0 Å². The van der Waals surface area contributed by atoms with Gasteiger partial charge in [-0.05, 0) is 41.5 Å². The summed E-state index contributed by atoms with van der Waals surface area (Å²) in [5, 5.41) is 13.0. The Labute approximate surface area is 136 Å². The minimum Gasteiger partial charge on any atom is -0.507 e. The van der Waals surface area contributed by atoms with E-state index in [1.807, 2.05) is 18.2 Å². The Morgan fingerprint density at radius 3 is 1.91 bits per heavy atom.